The zero-order valence-corrected chi connectivity index (χ0v) is 13.6. The number of H-pyrrole nitrogens is 2. The van der Waals surface area contributed by atoms with Gasteiger partial charge in [0, 0.05) is 30.6 Å². The van der Waals surface area contributed by atoms with E-state index in [1.165, 1.54) is 12.3 Å². The Morgan fingerprint density at radius 1 is 1.19 bits per heavy atom. The first-order valence-electron chi connectivity index (χ1n) is 7.61. The Morgan fingerprint density at radius 3 is 2.74 bits per heavy atom. The largest absolute Gasteiger partial charge is 0.439 e. The summed E-state index contributed by atoms with van der Waals surface area (Å²) in [5, 5.41) is 2.49. The third-order valence-corrected chi connectivity index (χ3v) is 3.46. The van der Waals surface area contributed by atoms with Crippen molar-refractivity contribution in [3.63, 3.8) is 0 Å². The Morgan fingerprint density at radius 2 is 2.00 bits per heavy atom. The molecular formula is C17H12F2N4O4. The van der Waals surface area contributed by atoms with Gasteiger partial charge in [-0.2, -0.15) is 0 Å². The highest BCUT2D eigenvalue weighted by atomic mass is 19.2. The zero-order chi connectivity index (χ0) is 19.4. The van der Waals surface area contributed by atoms with Gasteiger partial charge in [-0.1, -0.05) is 6.07 Å². The molecule has 1 aromatic carbocycles. The minimum atomic E-state index is -1.07. The fourth-order valence-corrected chi connectivity index (χ4v) is 2.15. The molecule has 3 aromatic rings. The molecule has 2 heterocycles. The van der Waals surface area contributed by atoms with Crippen molar-refractivity contribution in [2.75, 3.05) is 0 Å². The van der Waals surface area contributed by atoms with E-state index in [0.29, 0.717) is 5.56 Å². The van der Waals surface area contributed by atoms with E-state index in [1.54, 1.807) is 12.1 Å². The number of rotatable bonds is 5. The van der Waals surface area contributed by atoms with Gasteiger partial charge in [0.1, 0.15) is 11.3 Å². The second-order valence-electron chi connectivity index (χ2n) is 5.31. The molecule has 1 amide bonds. The number of nitrogens with zero attached hydrogens (tertiary/aromatic N) is 1. The molecule has 8 nitrogen and oxygen atoms in total. The van der Waals surface area contributed by atoms with Crippen molar-refractivity contribution in [1.29, 1.82) is 0 Å². The standard InChI is InChI=1S/C17H12F2N4O4/c18-12-4-3-10(6-13(12)19)27-16-9(2-1-5-20-16)7-21-14(24)11-8-22-17(26)23-15(11)25/h1-6,8H,7H2,(H,21,24)(H2,22,23,25,26). The minimum absolute atomic E-state index is 0.0252. The lowest BCUT2D eigenvalue weighted by Gasteiger charge is -2.11. The molecule has 0 bridgehead atoms. The Kier molecular flexibility index (Phi) is 5.06. The third kappa shape index (κ3) is 4.24. The van der Waals surface area contributed by atoms with E-state index in [4.69, 9.17) is 4.74 Å². The SMILES string of the molecule is O=C(NCc1cccnc1Oc1ccc(F)c(F)c1)c1c[nH]c(=O)[nH]c1=O. The Labute approximate surface area is 149 Å². The van der Waals surface area contributed by atoms with Crippen LogP contribution in [0.2, 0.25) is 0 Å². The molecule has 3 N–H and O–H groups in total. The highest BCUT2D eigenvalue weighted by molar-refractivity contribution is 5.93. The summed E-state index contributed by atoms with van der Waals surface area (Å²) in [7, 11) is 0. The number of halogens is 2. The maximum absolute atomic E-state index is 13.3. The molecule has 0 aliphatic carbocycles. The van der Waals surface area contributed by atoms with Crippen molar-refractivity contribution in [3.05, 3.63) is 86.3 Å². The Bertz CT molecular complexity index is 1110. The van der Waals surface area contributed by atoms with E-state index < -0.39 is 28.8 Å². The fraction of sp³-hybridized carbons (Fsp3) is 0.0588. The number of amides is 1. The average Bonchev–Trinajstić information content (AvgIpc) is 2.64. The molecule has 27 heavy (non-hydrogen) atoms. The maximum Gasteiger partial charge on any atom is 0.325 e. The predicted octanol–water partition coefficient (Wildman–Crippen LogP) is 1.46. The van der Waals surface area contributed by atoms with E-state index in [9.17, 15) is 23.2 Å². The monoisotopic (exact) mass is 374 g/mol. The summed E-state index contributed by atoms with van der Waals surface area (Å²) in [5.41, 5.74) is -1.41. The quantitative estimate of drug-likeness (QED) is 0.625. The molecule has 2 aromatic heterocycles. The van der Waals surface area contributed by atoms with Crippen molar-refractivity contribution in [3.8, 4) is 11.6 Å². The van der Waals surface area contributed by atoms with Crippen LogP contribution in [0.4, 0.5) is 8.78 Å². The summed E-state index contributed by atoms with van der Waals surface area (Å²) >= 11 is 0. The lowest BCUT2D eigenvalue weighted by molar-refractivity contribution is 0.0948. The van der Waals surface area contributed by atoms with E-state index in [0.717, 1.165) is 18.3 Å². The summed E-state index contributed by atoms with van der Waals surface area (Å²) in [6.07, 6.45) is 2.42. The van der Waals surface area contributed by atoms with Crippen molar-refractivity contribution >= 4 is 5.91 Å². The van der Waals surface area contributed by atoms with Crippen LogP contribution in [0.1, 0.15) is 15.9 Å². The van der Waals surface area contributed by atoms with Crippen LogP contribution in [0.3, 0.4) is 0 Å². The van der Waals surface area contributed by atoms with Gasteiger partial charge >= 0.3 is 5.69 Å². The number of benzene rings is 1. The van der Waals surface area contributed by atoms with Gasteiger partial charge in [0.25, 0.3) is 11.5 Å². The highest BCUT2D eigenvalue weighted by Crippen LogP contribution is 2.24. The first-order valence-corrected chi connectivity index (χ1v) is 7.61. The van der Waals surface area contributed by atoms with Crippen LogP contribution >= 0.6 is 0 Å². The lowest BCUT2D eigenvalue weighted by Crippen LogP contribution is -2.33. The Balaban J connectivity index is 1.76. The van der Waals surface area contributed by atoms with Crippen molar-refractivity contribution in [2.45, 2.75) is 6.54 Å². The van der Waals surface area contributed by atoms with E-state index in [1.807, 2.05) is 4.98 Å². The lowest BCUT2D eigenvalue weighted by atomic mass is 10.2. The molecule has 10 heteroatoms. The third-order valence-electron chi connectivity index (χ3n) is 3.46. The topological polar surface area (TPSA) is 117 Å². The summed E-state index contributed by atoms with van der Waals surface area (Å²) < 4.78 is 31.7. The molecule has 138 valence electrons. The number of pyridine rings is 1. The zero-order valence-electron chi connectivity index (χ0n) is 13.6. The number of hydrogen-bond acceptors (Lipinski definition) is 5. The second kappa shape index (κ2) is 7.60. The van der Waals surface area contributed by atoms with Crippen molar-refractivity contribution in [1.82, 2.24) is 20.3 Å². The van der Waals surface area contributed by atoms with Crippen molar-refractivity contribution < 1.29 is 18.3 Å². The van der Waals surface area contributed by atoms with Crippen LogP contribution in [-0.2, 0) is 6.54 Å². The number of nitrogens with one attached hydrogen (secondary N) is 3. The first-order chi connectivity index (χ1) is 12.9. The molecule has 0 saturated carbocycles. The normalized spacial score (nSPS) is 10.4. The van der Waals surface area contributed by atoms with Gasteiger partial charge in [-0.15, -0.1) is 0 Å². The van der Waals surface area contributed by atoms with E-state index >= 15 is 0 Å². The van der Waals surface area contributed by atoms with Crippen LogP contribution in [-0.4, -0.2) is 20.9 Å². The molecular weight excluding hydrogens is 362 g/mol. The maximum atomic E-state index is 13.3. The number of hydrogen-bond donors (Lipinski definition) is 3. The van der Waals surface area contributed by atoms with Crippen LogP contribution in [0.5, 0.6) is 11.6 Å². The van der Waals surface area contributed by atoms with E-state index in [-0.39, 0.29) is 23.7 Å². The number of ether oxygens (including phenoxy) is 1. The number of carbonyl (C=O) groups is 1. The van der Waals surface area contributed by atoms with Gasteiger partial charge in [-0.3, -0.25) is 14.6 Å². The second-order valence-corrected chi connectivity index (χ2v) is 5.31. The van der Waals surface area contributed by atoms with Crippen molar-refractivity contribution in [2.24, 2.45) is 0 Å². The van der Waals surface area contributed by atoms with Gasteiger partial charge in [0.15, 0.2) is 11.6 Å². The number of carbonyl (C=O) groups excluding carboxylic acids is 1. The minimum Gasteiger partial charge on any atom is -0.439 e. The number of aromatic nitrogens is 3. The van der Waals surface area contributed by atoms with Gasteiger partial charge in [0.2, 0.25) is 5.88 Å². The van der Waals surface area contributed by atoms with Crippen LogP contribution < -0.4 is 21.3 Å². The first kappa shape index (κ1) is 18.0. The average molecular weight is 374 g/mol. The predicted molar refractivity (Wildman–Crippen MR) is 89.5 cm³/mol. The molecule has 3 rings (SSSR count). The highest BCUT2D eigenvalue weighted by Gasteiger charge is 2.13. The molecule has 0 saturated heterocycles. The smallest absolute Gasteiger partial charge is 0.325 e. The molecule has 0 spiro atoms. The molecule has 0 radical (unpaired) electrons. The van der Waals surface area contributed by atoms with Crippen LogP contribution in [0, 0.1) is 11.6 Å². The molecule has 0 atom stereocenters. The Hall–Kier alpha value is -3.82. The van der Waals surface area contributed by atoms with Gasteiger partial charge < -0.3 is 15.0 Å². The summed E-state index contributed by atoms with van der Waals surface area (Å²) in [4.78, 5) is 42.8. The van der Waals surface area contributed by atoms with Gasteiger partial charge in [0.05, 0.1) is 0 Å². The molecule has 0 fully saturated rings. The fourth-order valence-electron chi connectivity index (χ4n) is 2.15. The van der Waals surface area contributed by atoms with Crippen LogP contribution in [0.15, 0.2) is 52.3 Å². The van der Waals surface area contributed by atoms with E-state index in [2.05, 4.69) is 15.3 Å². The summed E-state index contributed by atoms with van der Waals surface area (Å²) in [5.74, 6) is -2.72. The molecule has 0 aliphatic heterocycles. The summed E-state index contributed by atoms with van der Waals surface area (Å²) in [6, 6.07) is 6.20. The van der Waals surface area contributed by atoms with Gasteiger partial charge in [-0.25, -0.2) is 18.6 Å². The molecule has 0 unspecified atom stereocenters. The molecule has 0 aliphatic rings. The summed E-state index contributed by atoms with van der Waals surface area (Å²) in [6.45, 7) is -0.0652. The van der Waals surface area contributed by atoms with Crippen LogP contribution in [0.25, 0.3) is 0 Å². The van der Waals surface area contributed by atoms with Gasteiger partial charge in [-0.05, 0) is 18.2 Å². The number of aromatic amines is 2.